The third kappa shape index (κ3) is 8.20. The van der Waals surface area contributed by atoms with Gasteiger partial charge in [0.1, 0.15) is 17.3 Å². The molecule has 12 heteroatoms. The number of nitriles is 1. The molecule has 1 aromatic heterocycles. The van der Waals surface area contributed by atoms with Gasteiger partial charge >= 0.3 is 5.97 Å². The van der Waals surface area contributed by atoms with Gasteiger partial charge in [0.05, 0.1) is 38.1 Å². The minimum atomic E-state index is -0.414. The van der Waals surface area contributed by atoms with Crippen LogP contribution >= 0.6 is 0 Å². The molecule has 0 radical (unpaired) electrons. The van der Waals surface area contributed by atoms with E-state index >= 15 is 0 Å². The molecule has 1 amide bonds. The normalized spacial score (nSPS) is 14.8. The summed E-state index contributed by atoms with van der Waals surface area (Å²) in [5.74, 6) is 0.201. The number of Topliss-reactive ketones (excluding diaryl/α,β-unsaturated/α-hetero) is 1. The van der Waals surface area contributed by atoms with E-state index in [9.17, 15) is 19.6 Å². The first-order chi connectivity index (χ1) is 22.4. The summed E-state index contributed by atoms with van der Waals surface area (Å²) in [6.07, 6.45) is 2.14. The Bertz CT molecular complexity index is 1550. The van der Waals surface area contributed by atoms with Crippen LogP contribution in [0.4, 0.5) is 5.69 Å². The highest BCUT2D eigenvalue weighted by Gasteiger charge is 2.33. The smallest absolute Gasteiger partial charge is 0.305 e. The number of pyridine rings is 1. The zero-order valence-electron chi connectivity index (χ0n) is 28.3. The molecule has 0 unspecified atom stereocenters. The lowest BCUT2D eigenvalue weighted by Gasteiger charge is -2.35. The number of rotatable bonds is 13. The standard InChI is InChI=1S/C35H46N6O6/c1-7-45-28-18-24-20-41(33(37)30(24)39-31(28)34(44)38-6)21-27(42)23-16-25(35(3,4)5)32(47-15-9-10-29(43)46-8-2)26(17-23)40-13-11-22(19-36)12-14-40/h16-18,22,37H,7-15,20-21H2,1-6H3,(H,38,44). The predicted octanol–water partition coefficient (Wildman–Crippen LogP) is 4.62. The van der Waals surface area contributed by atoms with Gasteiger partial charge in [0, 0.05) is 55.7 Å². The number of nitrogens with one attached hydrogen (secondary N) is 2. The monoisotopic (exact) mass is 646 g/mol. The lowest BCUT2D eigenvalue weighted by Crippen LogP contribution is -2.34. The number of amides is 1. The molecule has 3 heterocycles. The van der Waals surface area contributed by atoms with Crippen LogP contribution in [0.3, 0.4) is 0 Å². The Labute approximate surface area is 276 Å². The van der Waals surface area contributed by atoms with Gasteiger partial charge in [-0.05, 0) is 56.7 Å². The Kier molecular flexibility index (Phi) is 11.4. The molecular formula is C35H46N6O6. The molecule has 47 heavy (non-hydrogen) atoms. The van der Waals surface area contributed by atoms with Crippen molar-refractivity contribution in [2.45, 2.75) is 72.3 Å². The van der Waals surface area contributed by atoms with Crippen LogP contribution in [0.1, 0.15) is 98.0 Å². The van der Waals surface area contributed by atoms with Crippen molar-refractivity contribution in [3.8, 4) is 17.6 Å². The molecule has 2 aliphatic heterocycles. The fraction of sp³-hybridized carbons (Fsp3) is 0.543. The molecule has 1 saturated heterocycles. The number of fused-ring (bicyclic) bond motifs is 1. The van der Waals surface area contributed by atoms with Crippen molar-refractivity contribution in [2.24, 2.45) is 5.92 Å². The largest absolute Gasteiger partial charge is 0.491 e. The molecule has 1 fully saturated rings. The molecule has 1 aromatic carbocycles. The molecule has 2 N–H and O–H groups in total. The second kappa shape index (κ2) is 15.3. The van der Waals surface area contributed by atoms with Crippen molar-refractivity contribution in [2.75, 3.05) is 51.4 Å². The lowest BCUT2D eigenvalue weighted by atomic mass is 9.84. The van der Waals surface area contributed by atoms with E-state index in [1.807, 2.05) is 19.1 Å². The maximum Gasteiger partial charge on any atom is 0.305 e. The Hall–Kier alpha value is -4.66. The van der Waals surface area contributed by atoms with Crippen LogP contribution in [0, 0.1) is 22.7 Å². The molecule has 4 rings (SSSR count). The SMILES string of the molecule is CCOC(=O)CCCOc1c(N2CCC(C#N)CC2)cc(C(=O)CN2Cc3cc(OCC)c(C(=O)NC)nc3C2=N)cc1C(C)(C)C. The third-order valence-corrected chi connectivity index (χ3v) is 8.34. The maximum atomic E-state index is 14.0. The number of ether oxygens (including phenoxy) is 3. The number of hydrogen-bond acceptors (Lipinski definition) is 10. The van der Waals surface area contributed by atoms with Crippen LogP contribution in [0.15, 0.2) is 18.2 Å². The first-order valence-corrected chi connectivity index (χ1v) is 16.3. The average Bonchev–Trinajstić information content (AvgIpc) is 3.35. The molecule has 252 valence electrons. The molecule has 0 saturated carbocycles. The summed E-state index contributed by atoms with van der Waals surface area (Å²) in [6.45, 7) is 12.3. The molecule has 0 spiro atoms. The first-order valence-electron chi connectivity index (χ1n) is 16.3. The van der Waals surface area contributed by atoms with Gasteiger partial charge in [-0.15, -0.1) is 0 Å². The minimum absolute atomic E-state index is 0.0179. The summed E-state index contributed by atoms with van der Waals surface area (Å²) in [6, 6.07) is 7.83. The highest BCUT2D eigenvalue weighted by Crippen LogP contribution is 2.42. The number of carbonyl (C=O) groups excluding carboxylic acids is 3. The van der Waals surface area contributed by atoms with E-state index in [0.717, 1.165) is 11.3 Å². The summed E-state index contributed by atoms with van der Waals surface area (Å²) in [5.41, 5.74) is 2.90. The Morgan fingerprint density at radius 2 is 1.83 bits per heavy atom. The fourth-order valence-corrected chi connectivity index (χ4v) is 5.83. The number of ketones is 1. The Morgan fingerprint density at radius 3 is 2.45 bits per heavy atom. The Balaban J connectivity index is 1.64. The number of piperidine rings is 1. The summed E-state index contributed by atoms with van der Waals surface area (Å²) >= 11 is 0. The summed E-state index contributed by atoms with van der Waals surface area (Å²) in [7, 11) is 1.51. The van der Waals surface area contributed by atoms with Crippen LogP contribution in [0.2, 0.25) is 0 Å². The number of hydrogen-bond donors (Lipinski definition) is 2. The molecule has 2 aromatic rings. The minimum Gasteiger partial charge on any atom is -0.491 e. The quantitative estimate of drug-likeness (QED) is 0.179. The number of anilines is 1. The zero-order valence-corrected chi connectivity index (χ0v) is 28.3. The van der Waals surface area contributed by atoms with Gasteiger partial charge in [0.25, 0.3) is 5.91 Å². The maximum absolute atomic E-state index is 14.0. The Morgan fingerprint density at radius 1 is 1.11 bits per heavy atom. The van der Waals surface area contributed by atoms with Gasteiger partial charge in [0.15, 0.2) is 17.2 Å². The average molecular weight is 647 g/mol. The van der Waals surface area contributed by atoms with Crippen LogP contribution in [0.5, 0.6) is 11.5 Å². The topological polar surface area (TPSA) is 158 Å². The molecule has 0 atom stereocenters. The van der Waals surface area contributed by atoms with Crippen molar-refractivity contribution in [1.82, 2.24) is 15.2 Å². The van der Waals surface area contributed by atoms with Crippen molar-refractivity contribution < 1.29 is 28.6 Å². The van der Waals surface area contributed by atoms with E-state index in [1.54, 1.807) is 17.9 Å². The van der Waals surface area contributed by atoms with E-state index < -0.39 is 5.91 Å². The van der Waals surface area contributed by atoms with Crippen LogP contribution in [-0.2, 0) is 21.5 Å². The van der Waals surface area contributed by atoms with E-state index in [4.69, 9.17) is 19.6 Å². The summed E-state index contributed by atoms with van der Waals surface area (Å²) in [4.78, 5) is 46.7. The summed E-state index contributed by atoms with van der Waals surface area (Å²) < 4.78 is 17.1. The number of carbonyl (C=O) groups is 3. The zero-order chi connectivity index (χ0) is 34.3. The highest BCUT2D eigenvalue weighted by atomic mass is 16.5. The second-order valence-electron chi connectivity index (χ2n) is 12.8. The van der Waals surface area contributed by atoms with Crippen LogP contribution < -0.4 is 19.7 Å². The van der Waals surface area contributed by atoms with E-state index in [2.05, 4.69) is 42.0 Å². The lowest BCUT2D eigenvalue weighted by molar-refractivity contribution is -0.143. The van der Waals surface area contributed by atoms with Gasteiger partial charge in [0.2, 0.25) is 0 Å². The molecule has 12 nitrogen and oxygen atoms in total. The van der Waals surface area contributed by atoms with Crippen molar-refractivity contribution in [3.05, 3.63) is 46.3 Å². The van der Waals surface area contributed by atoms with Crippen molar-refractivity contribution in [1.29, 1.82) is 10.7 Å². The van der Waals surface area contributed by atoms with Gasteiger partial charge in [-0.3, -0.25) is 19.8 Å². The number of amidine groups is 1. The van der Waals surface area contributed by atoms with Gasteiger partial charge in [-0.2, -0.15) is 5.26 Å². The van der Waals surface area contributed by atoms with Gasteiger partial charge in [-0.1, -0.05) is 20.8 Å². The summed E-state index contributed by atoms with van der Waals surface area (Å²) in [5, 5.41) is 20.9. The van der Waals surface area contributed by atoms with E-state index in [0.29, 0.717) is 80.5 Å². The van der Waals surface area contributed by atoms with Gasteiger partial charge < -0.3 is 29.3 Å². The fourth-order valence-electron chi connectivity index (χ4n) is 5.83. The number of aromatic nitrogens is 1. The van der Waals surface area contributed by atoms with Crippen molar-refractivity contribution >= 4 is 29.2 Å². The van der Waals surface area contributed by atoms with Crippen molar-refractivity contribution in [3.63, 3.8) is 0 Å². The van der Waals surface area contributed by atoms with E-state index in [-0.39, 0.29) is 54.1 Å². The number of esters is 1. The third-order valence-electron chi connectivity index (χ3n) is 8.34. The number of nitrogens with zero attached hydrogens (tertiary/aromatic N) is 4. The molecule has 0 bridgehead atoms. The molecule has 0 aliphatic carbocycles. The molecular weight excluding hydrogens is 600 g/mol. The first kappa shape index (κ1) is 35.2. The van der Waals surface area contributed by atoms with Crippen LogP contribution in [0.25, 0.3) is 0 Å². The highest BCUT2D eigenvalue weighted by molar-refractivity contribution is 6.06. The predicted molar refractivity (Wildman–Crippen MR) is 177 cm³/mol. The van der Waals surface area contributed by atoms with Crippen LogP contribution in [-0.4, -0.2) is 79.9 Å². The second-order valence-corrected chi connectivity index (χ2v) is 12.8. The molecule has 2 aliphatic rings. The number of benzene rings is 1. The van der Waals surface area contributed by atoms with Gasteiger partial charge in [-0.25, -0.2) is 4.98 Å². The van der Waals surface area contributed by atoms with E-state index in [1.165, 1.54) is 7.05 Å².